The molecule has 2 aromatic carbocycles. The molecular weight excluding hydrogens is 372 g/mol. The smallest absolute Gasteiger partial charge is 0.261 e. The third kappa shape index (κ3) is 5.56. The summed E-state index contributed by atoms with van der Waals surface area (Å²) in [7, 11) is 0. The number of hydrogen-bond donors (Lipinski definition) is 1. The summed E-state index contributed by atoms with van der Waals surface area (Å²) in [5.74, 6) is 1.85. The zero-order chi connectivity index (χ0) is 21.7. The highest BCUT2D eigenvalue weighted by Crippen LogP contribution is 2.27. The van der Waals surface area contributed by atoms with Crippen LogP contribution in [0, 0.1) is 5.92 Å². The van der Waals surface area contributed by atoms with Crippen molar-refractivity contribution in [3.8, 4) is 5.75 Å². The van der Waals surface area contributed by atoms with E-state index in [9.17, 15) is 4.79 Å². The second-order valence-electron chi connectivity index (χ2n) is 8.94. The Bertz CT molecular complexity index is 823. The average molecular weight is 409 g/mol. The Morgan fingerprint density at radius 2 is 1.63 bits per heavy atom. The van der Waals surface area contributed by atoms with Crippen molar-refractivity contribution < 1.29 is 9.53 Å². The number of nitrogens with one attached hydrogen (secondary N) is 1. The molecule has 1 aliphatic heterocycles. The maximum Gasteiger partial charge on any atom is 0.261 e. The van der Waals surface area contributed by atoms with Gasteiger partial charge in [0.15, 0.2) is 6.10 Å². The maximum atomic E-state index is 12.7. The number of benzene rings is 2. The molecule has 162 valence electrons. The highest BCUT2D eigenvalue weighted by Gasteiger charge is 2.20. The van der Waals surface area contributed by atoms with Crippen molar-refractivity contribution in [3.05, 3.63) is 59.7 Å². The fourth-order valence-electron chi connectivity index (χ4n) is 3.96. The number of para-hydroxylation sites is 1. The second kappa shape index (κ2) is 10.0. The zero-order valence-corrected chi connectivity index (χ0v) is 19.0. The highest BCUT2D eigenvalue weighted by molar-refractivity contribution is 5.81. The first kappa shape index (κ1) is 22.2. The summed E-state index contributed by atoms with van der Waals surface area (Å²) in [4.78, 5) is 15.2. The quantitative estimate of drug-likeness (QED) is 0.640. The normalized spacial score (nSPS) is 16.9. The van der Waals surface area contributed by atoms with Gasteiger partial charge in [0.1, 0.15) is 5.75 Å². The van der Waals surface area contributed by atoms with Crippen LogP contribution in [0.2, 0.25) is 0 Å². The van der Waals surface area contributed by atoms with Gasteiger partial charge < -0.3 is 15.0 Å². The monoisotopic (exact) mass is 408 g/mol. The van der Waals surface area contributed by atoms with Crippen molar-refractivity contribution in [2.24, 2.45) is 5.92 Å². The van der Waals surface area contributed by atoms with Crippen LogP contribution in [0.3, 0.4) is 0 Å². The second-order valence-corrected chi connectivity index (χ2v) is 8.94. The lowest BCUT2D eigenvalue weighted by Crippen LogP contribution is -2.38. The van der Waals surface area contributed by atoms with E-state index in [1.54, 1.807) is 6.92 Å². The molecule has 1 saturated heterocycles. The first-order valence-electron chi connectivity index (χ1n) is 11.3. The van der Waals surface area contributed by atoms with Crippen LogP contribution in [0.1, 0.15) is 70.5 Å². The standard InChI is InChI=1S/C26H36N2O2/c1-18(2)24-8-6-7-9-25(24)30-21(5)26(29)27-20(4)22-10-12-23(13-11-22)28-16-14-19(3)15-17-28/h6-13,18-21H,14-17H2,1-5H3,(H,27,29)/t20-,21-/m1/s1. The van der Waals surface area contributed by atoms with Crippen LogP contribution >= 0.6 is 0 Å². The molecule has 0 unspecified atom stereocenters. The molecule has 1 heterocycles. The fraction of sp³-hybridized carbons (Fsp3) is 0.500. The lowest BCUT2D eigenvalue weighted by atomic mass is 9.98. The minimum atomic E-state index is -0.554. The van der Waals surface area contributed by atoms with E-state index < -0.39 is 6.10 Å². The van der Waals surface area contributed by atoms with Gasteiger partial charge in [0.05, 0.1) is 6.04 Å². The van der Waals surface area contributed by atoms with Crippen LogP contribution in [-0.4, -0.2) is 25.1 Å². The maximum absolute atomic E-state index is 12.7. The largest absolute Gasteiger partial charge is 0.481 e. The minimum Gasteiger partial charge on any atom is -0.481 e. The van der Waals surface area contributed by atoms with Crippen LogP contribution in [-0.2, 0) is 4.79 Å². The molecule has 0 aliphatic carbocycles. The summed E-state index contributed by atoms with van der Waals surface area (Å²) < 4.78 is 5.99. The molecule has 0 bridgehead atoms. The van der Waals surface area contributed by atoms with Crippen molar-refractivity contribution in [2.45, 2.75) is 65.5 Å². The topological polar surface area (TPSA) is 41.6 Å². The Labute approximate surface area is 181 Å². The predicted octanol–water partition coefficient (Wildman–Crippen LogP) is 5.69. The molecule has 30 heavy (non-hydrogen) atoms. The molecule has 0 saturated carbocycles. The SMILES string of the molecule is CC1CCN(c2ccc([C@@H](C)NC(=O)[C@@H](C)Oc3ccccc3C(C)C)cc2)CC1. The molecule has 4 nitrogen and oxygen atoms in total. The summed E-state index contributed by atoms with van der Waals surface area (Å²) in [5.41, 5.74) is 3.49. The van der Waals surface area contributed by atoms with Gasteiger partial charge in [-0.1, -0.05) is 51.1 Å². The number of nitrogens with zero attached hydrogens (tertiary/aromatic N) is 1. The Balaban J connectivity index is 1.57. The third-order valence-corrected chi connectivity index (χ3v) is 6.11. The molecule has 1 fully saturated rings. The van der Waals surface area contributed by atoms with Gasteiger partial charge in [-0.3, -0.25) is 4.79 Å². The molecule has 1 amide bonds. The average Bonchev–Trinajstić information content (AvgIpc) is 2.74. The van der Waals surface area contributed by atoms with E-state index in [2.05, 4.69) is 61.3 Å². The summed E-state index contributed by atoms with van der Waals surface area (Å²) >= 11 is 0. The van der Waals surface area contributed by atoms with Crippen LogP contribution < -0.4 is 15.0 Å². The zero-order valence-electron chi connectivity index (χ0n) is 19.0. The highest BCUT2D eigenvalue weighted by atomic mass is 16.5. The lowest BCUT2D eigenvalue weighted by molar-refractivity contribution is -0.127. The molecule has 0 radical (unpaired) electrons. The van der Waals surface area contributed by atoms with Gasteiger partial charge in [-0.2, -0.15) is 0 Å². The van der Waals surface area contributed by atoms with Gasteiger partial charge in [0.25, 0.3) is 5.91 Å². The van der Waals surface area contributed by atoms with Gasteiger partial charge >= 0.3 is 0 Å². The van der Waals surface area contributed by atoms with E-state index >= 15 is 0 Å². The van der Waals surface area contributed by atoms with Crippen LogP contribution in [0.15, 0.2) is 48.5 Å². The molecule has 2 aromatic rings. The molecule has 4 heteroatoms. The Morgan fingerprint density at radius 1 is 1.00 bits per heavy atom. The number of ether oxygens (including phenoxy) is 1. The third-order valence-electron chi connectivity index (χ3n) is 6.11. The molecule has 0 spiro atoms. The predicted molar refractivity (Wildman–Crippen MR) is 124 cm³/mol. The van der Waals surface area contributed by atoms with Gasteiger partial charge in [-0.25, -0.2) is 0 Å². The first-order chi connectivity index (χ1) is 14.3. The van der Waals surface area contributed by atoms with Crippen LogP contribution in [0.5, 0.6) is 5.75 Å². The molecule has 3 rings (SSSR count). The van der Waals surface area contributed by atoms with E-state index in [0.29, 0.717) is 5.92 Å². The van der Waals surface area contributed by atoms with Crippen LogP contribution in [0.4, 0.5) is 5.69 Å². The minimum absolute atomic E-state index is 0.0701. The summed E-state index contributed by atoms with van der Waals surface area (Å²) in [6.07, 6.45) is 1.96. The van der Waals surface area contributed by atoms with E-state index in [1.165, 1.54) is 18.5 Å². The summed E-state index contributed by atoms with van der Waals surface area (Å²) in [5, 5.41) is 3.09. The van der Waals surface area contributed by atoms with Crippen molar-refractivity contribution >= 4 is 11.6 Å². The number of hydrogen-bond acceptors (Lipinski definition) is 3. The van der Waals surface area contributed by atoms with Crippen molar-refractivity contribution in [1.82, 2.24) is 5.32 Å². The Morgan fingerprint density at radius 3 is 2.27 bits per heavy atom. The molecular formula is C26H36N2O2. The molecule has 2 atom stereocenters. The number of carbonyl (C=O) groups is 1. The van der Waals surface area contributed by atoms with Crippen molar-refractivity contribution in [2.75, 3.05) is 18.0 Å². The molecule has 1 N–H and O–H groups in total. The number of carbonyl (C=O) groups excluding carboxylic acids is 1. The van der Waals surface area contributed by atoms with Gasteiger partial charge in [-0.15, -0.1) is 0 Å². The van der Waals surface area contributed by atoms with E-state index in [0.717, 1.165) is 35.9 Å². The Kier molecular flexibility index (Phi) is 7.41. The van der Waals surface area contributed by atoms with E-state index in [-0.39, 0.29) is 11.9 Å². The van der Waals surface area contributed by atoms with Gasteiger partial charge in [-0.05, 0) is 67.9 Å². The Hall–Kier alpha value is -2.49. The van der Waals surface area contributed by atoms with Crippen LogP contribution in [0.25, 0.3) is 0 Å². The number of anilines is 1. The molecule has 0 aromatic heterocycles. The van der Waals surface area contributed by atoms with Gasteiger partial charge in [0.2, 0.25) is 0 Å². The fourth-order valence-corrected chi connectivity index (χ4v) is 3.96. The number of rotatable bonds is 7. The van der Waals surface area contributed by atoms with Crippen molar-refractivity contribution in [1.29, 1.82) is 0 Å². The molecule has 1 aliphatic rings. The number of piperidine rings is 1. The van der Waals surface area contributed by atoms with E-state index in [4.69, 9.17) is 4.74 Å². The van der Waals surface area contributed by atoms with Gasteiger partial charge in [0, 0.05) is 18.8 Å². The van der Waals surface area contributed by atoms with Crippen molar-refractivity contribution in [3.63, 3.8) is 0 Å². The number of amides is 1. The summed E-state index contributed by atoms with van der Waals surface area (Å²) in [6, 6.07) is 16.5. The lowest BCUT2D eigenvalue weighted by Gasteiger charge is -2.32. The first-order valence-corrected chi connectivity index (χ1v) is 11.3. The summed E-state index contributed by atoms with van der Waals surface area (Å²) in [6.45, 7) is 12.7. The van der Waals surface area contributed by atoms with E-state index in [1.807, 2.05) is 25.1 Å².